The van der Waals surface area contributed by atoms with E-state index in [0.717, 1.165) is 12.6 Å². The molecular formula is C11H26N2. The molecule has 0 heterocycles. The van der Waals surface area contributed by atoms with Gasteiger partial charge in [0.15, 0.2) is 0 Å². The zero-order valence-electron chi connectivity index (χ0n) is 9.77. The minimum absolute atomic E-state index is 0.724. The van der Waals surface area contributed by atoms with E-state index in [0.29, 0.717) is 0 Å². The third kappa shape index (κ3) is 6.05. The van der Waals surface area contributed by atoms with Gasteiger partial charge in [-0.2, -0.15) is 0 Å². The van der Waals surface area contributed by atoms with E-state index in [1.807, 2.05) is 7.05 Å². The summed E-state index contributed by atoms with van der Waals surface area (Å²) in [5, 5.41) is 3.27. The van der Waals surface area contributed by atoms with Gasteiger partial charge in [0, 0.05) is 12.6 Å². The second kappa shape index (κ2) is 8.52. The number of hydrogen-bond acceptors (Lipinski definition) is 2. The molecular weight excluding hydrogens is 160 g/mol. The van der Waals surface area contributed by atoms with Gasteiger partial charge in [-0.15, -0.1) is 0 Å². The van der Waals surface area contributed by atoms with E-state index in [-0.39, 0.29) is 0 Å². The highest BCUT2D eigenvalue weighted by Crippen LogP contribution is 2.05. The molecule has 0 bridgehead atoms. The number of rotatable bonds is 8. The van der Waals surface area contributed by atoms with Crippen molar-refractivity contribution in [2.24, 2.45) is 0 Å². The molecule has 1 atom stereocenters. The fourth-order valence-corrected chi connectivity index (χ4v) is 1.64. The second-order valence-electron chi connectivity index (χ2n) is 3.83. The summed E-state index contributed by atoms with van der Waals surface area (Å²) in [5.41, 5.74) is 0. The Kier molecular flexibility index (Phi) is 8.46. The van der Waals surface area contributed by atoms with Gasteiger partial charge in [-0.25, -0.2) is 0 Å². The molecule has 2 nitrogen and oxygen atoms in total. The Morgan fingerprint density at radius 2 is 1.92 bits per heavy atom. The first kappa shape index (κ1) is 12.9. The topological polar surface area (TPSA) is 15.3 Å². The van der Waals surface area contributed by atoms with Crippen molar-refractivity contribution in [3.8, 4) is 0 Å². The van der Waals surface area contributed by atoms with E-state index in [1.165, 1.54) is 32.2 Å². The Balaban J connectivity index is 3.72. The van der Waals surface area contributed by atoms with Gasteiger partial charge in [0.05, 0.1) is 0 Å². The summed E-state index contributed by atoms with van der Waals surface area (Å²) in [6.45, 7) is 6.87. The van der Waals surface area contributed by atoms with Gasteiger partial charge in [-0.3, -0.25) is 0 Å². The molecule has 80 valence electrons. The molecule has 0 aromatic heterocycles. The molecule has 0 aliphatic heterocycles. The maximum absolute atomic E-state index is 3.27. The molecule has 0 radical (unpaired) electrons. The van der Waals surface area contributed by atoms with Crippen molar-refractivity contribution in [2.75, 3.05) is 27.2 Å². The van der Waals surface area contributed by atoms with E-state index in [1.54, 1.807) is 0 Å². The van der Waals surface area contributed by atoms with Crippen molar-refractivity contribution < 1.29 is 0 Å². The van der Waals surface area contributed by atoms with E-state index < -0.39 is 0 Å². The Bertz CT molecular complexity index is 98.3. The molecule has 0 amide bonds. The van der Waals surface area contributed by atoms with Crippen molar-refractivity contribution >= 4 is 0 Å². The maximum atomic E-state index is 3.27. The van der Waals surface area contributed by atoms with E-state index >= 15 is 0 Å². The van der Waals surface area contributed by atoms with Crippen LogP contribution in [0.5, 0.6) is 0 Å². The van der Waals surface area contributed by atoms with Crippen LogP contribution < -0.4 is 5.32 Å². The lowest BCUT2D eigenvalue weighted by molar-refractivity contribution is 0.222. The molecule has 0 saturated carbocycles. The Morgan fingerprint density at radius 3 is 2.38 bits per heavy atom. The maximum Gasteiger partial charge on any atom is 0.0217 e. The second-order valence-corrected chi connectivity index (χ2v) is 3.83. The number of unbranched alkanes of at least 4 members (excludes halogenated alkanes) is 1. The largest absolute Gasteiger partial charge is 0.318 e. The third-order valence-corrected chi connectivity index (χ3v) is 2.55. The van der Waals surface area contributed by atoms with Crippen LogP contribution in [-0.2, 0) is 0 Å². The summed E-state index contributed by atoms with van der Waals surface area (Å²) in [6.07, 6.45) is 5.20. The minimum Gasteiger partial charge on any atom is -0.318 e. The fourth-order valence-electron chi connectivity index (χ4n) is 1.64. The van der Waals surface area contributed by atoms with Crippen LogP contribution in [0.1, 0.15) is 39.5 Å². The van der Waals surface area contributed by atoms with Crippen LogP contribution in [0.2, 0.25) is 0 Å². The lowest BCUT2D eigenvalue weighted by atomic mass is 10.1. The van der Waals surface area contributed by atoms with Crippen LogP contribution in [-0.4, -0.2) is 38.1 Å². The SMILES string of the molecule is CCCCN(C)C(CCC)CNC. The standard InChI is InChI=1S/C11H26N2/c1-5-7-9-13(4)11(8-6-2)10-12-3/h11-12H,5-10H2,1-4H3. The Hall–Kier alpha value is -0.0800. The normalized spacial score (nSPS) is 13.6. The summed E-state index contributed by atoms with van der Waals surface area (Å²) >= 11 is 0. The smallest absolute Gasteiger partial charge is 0.0217 e. The third-order valence-electron chi connectivity index (χ3n) is 2.55. The molecule has 0 aliphatic rings. The van der Waals surface area contributed by atoms with Gasteiger partial charge < -0.3 is 10.2 Å². The molecule has 1 N–H and O–H groups in total. The van der Waals surface area contributed by atoms with Crippen molar-refractivity contribution in [3.05, 3.63) is 0 Å². The lowest BCUT2D eigenvalue weighted by Gasteiger charge is -2.27. The van der Waals surface area contributed by atoms with Crippen molar-refractivity contribution in [1.29, 1.82) is 0 Å². The number of nitrogens with zero attached hydrogens (tertiary/aromatic N) is 1. The molecule has 0 aromatic carbocycles. The molecule has 0 saturated heterocycles. The molecule has 2 heteroatoms. The number of nitrogens with one attached hydrogen (secondary N) is 1. The van der Waals surface area contributed by atoms with Gasteiger partial charge in [0.1, 0.15) is 0 Å². The number of likely N-dealkylation sites (N-methyl/N-ethyl adjacent to an activating group) is 2. The van der Waals surface area contributed by atoms with Crippen molar-refractivity contribution in [2.45, 2.75) is 45.6 Å². The highest BCUT2D eigenvalue weighted by Gasteiger charge is 2.11. The molecule has 0 fully saturated rings. The predicted molar refractivity (Wildman–Crippen MR) is 60.2 cm³/mol. The molecule has 13 heavy (non-hydrogen) atoms. The van der Waals surface area contributed by atoms with Crippen LogP contribution in [0.4, 0.5) is 0 Å². The highest BCUT2D eigenvalue weighted by atomic mass is 15.1. The summed E-state index contributed by atoms with van der Waals surface area (Å²) in [6, 6.07) is 0.724. The van der Waals surface area contributed by atoms with Gasteiger partial charge >= 0.3 is 0 Å². The van der Waals surface area contributed by atoms with Crippen LogP contribution in [0.15, 0.2) is 0 Å². The summed E-state index contributed by atoms with van der Waals surface area (Å²) < 4.78 is 0. The first-order chi connectivity index (χ1) is 6.26. The van der Waals surface area contributed by atoms with Crippen molar-refractivity contribution in [3.63, 3.8) is 0 Å². The average Bonchev–Trinajstić information content (AvgIpc) is 2.14. The zero-order valence-corrected chi connectivity index (χ0v) is 9.77. The van der Waals surface area contributed by atoms with Crippen LogP contribution in [0.3, 0.4) is 0 Å². The first-order valence-corrected chi connectivity index (χ1v) is 5.61. The van der Waals surface area contributed by atoms with E-state index in [9.17, 15) is 0 Å². The summed E-state index contributed by atoms with van der Waals surface area (Å²) in [7, 11) is 4.28. The Morgan fingerprint density at radius 1 is 1.23 bits per heavy atom. The first-order valence-electron chi connectivity index (χ1n) is 5.61. The summed E-state index contributed by atoms with van der Waals surface area (Å²) in [4.78, 5) is 2.49. The van der Waals surface area contributed by atoms with Crippen LogP contribution in [0, 0.1) is 0 Å². The van der Waals surface area contributed by atoms with Gasteiger partial charge in [0.25, 0.3) is 0 Å². The fraction of sp³-hybridized carbons (Fsp3) is 1.00. The predicted octanol–water partition coefficient (Wildman–Crippen LogP) is 2.11. The molecule has 0 aliphatic carbocycles. The van der Waals surface area contributed by atoms with Crippen molar-refractivity contribution in [1.82, 2.24) is 10.2 Å². The molecule has 0 aromatic rings. The number of hydrogen-bond donors (Lipinski definition) is 1. The molecule has 0 spiro atoms. The quantitative estimate of drug-likeness (QED) is 0.624. The molecule has 0 rings (SSSR count). The van der Waals surface area contributed by atoms with Gasteiger partial charge in [0.2, 0.25) is 0 Å². The van der Waals surface area contributed by atoms with Crippen LogP contribution in [0.25, 0.3) is 0 Å². The minimum atomic E-state index is 0.724. The van der Waals surface area contributed by atoms with E-state index in [2.05, 4.69) is 31.1 Å². The van der Waals surface area contributed by atoms with E-state index in [4.69, 9.17) is 0 Å². The average molecular weight is 186 g/mol. The van der Waals surface area contributed by atoms with Gasteiger partial charge in [-0.1, -0.05) is 26.7 Å². The van der Waals surface area contributed by atoms with Gasteiger partial charge in [-0.05, 0) is 33.5 Å². The lowest BCUT2D eigenvalue weighted by Crippen LogP contribution is -2.39. The van der Waals surface area contributed by atoms with Crippen LogP contribution >= 0.6 is 0 Å². The Labute approximate surface area is 83.7 Å². The summed E-state index contributed by atoms with van der Waals surface area (Å²) in [5.74, 6) is 0. The zero-order chi connectivity index (χ0) is 10.1. The highest BCUT2D eigenvalue weighted by molar-refractivity contribution is 4.69. The monoisotopic (exact) mass is 186 g/mol. The molecule has 1 unspecified atom stereocenters.